The number of hydrogen-bond acceptors (Lipinski definition) is 1. The van der Waals surface area contributed by atoms with Gasteiger partial charge in [0.1, 0.15) is 0 Å². The summed E-state index contributed by atoms with van der Waals surface area (Å²) < 4.78 is 0. The molecular weight excluding hydrogens is 182 g/mol. The minimum atomic E-state index is 0.715. The topological polar surface area (TPSA) is 12.0 Å². The minimum Gasteiger partial charge on any atom is -0.313 e. The fourth-order valence-corrected chi connectivity index (χ4v) is 2.63. The Hall–Kier alpha value is -0.820. The van der Waals surface area contributed by atoms with Crippen LogP contribution in [0.3, 0.4) is 0 Å². The Bertz CT molecular complexity index is 281. The number of rotatable bonds is 4. The molecule has 0 radical (unpaired) electrons. The molecule has 0 spiro atoms. The molecule has 1 fully saturated rings. The van der Waals surface area contributed by atoms with E-state index in [4.69, 9.17) is 0 Å². The third-order valence-electron chi connectivity index (χ3n) is 3.40. The molecule has 1 saturated carbocycles. The van der Waals surface area contributed by atoms with Crippen LogP contribution in [0.1, 0.15) is 44.1 Å². The Balaban J connectivity index is 2.01. The molecular formula is C14H21N. The Labute approximate surface area is 92.9 Å². The third kappa shape index (κ3) is 2.60. The van der Waals surface area contributed by atoms with Gasteiger partial charge in [-0.25, -0.2) is 0 Å². The van der Waals surface area contributed by atoms with Crippen molar-refractivity contribution >= 4 is 0 Å². The molecule has 1 aromatic carbocycles. The monoisotopic (exact) mass is 203 g/mol. The minimum absolute atomic E-state index is 0.715. The van der Waals surface area contributed by atoms with Crippen LogP contribution in [-0.2, 0) is 0 Å². The highest BCUT2D eigenvalue weighted by molar-refractivity contribution is 5.22. The zero-order valence-corrected chi connectivity index (χ0v) is 9.58. The second-order valence-electron chi connectivity index (χ2n) is 4.51. The molecule has 1 N–H and O–H groups in total. The maximum atomic E-state index is 3.68. The van der Waals surface area contributed by atoms with E-state index in [0.717, 1.165) is 12.5 Å². The molecule has 0 heterocycles. The van der Waals surface area contributed by atoms with Crippen molar-refractivity contribution in [2.24, 2.45) is 0 Å². The Morgan fingerprint density at radius 1 is 1.20 bits per heavy atom. The molecule has 1 aromatic rings. The van der Waals surface area contributed by atoms with Gasteiger partial charge in [-0.1, -0.05) is 43.7 Å². The van der Waals surface area contributed by atoms with Crippen molar-refractivity contribution in [3.05, 3.63) is 35.9 Å². The summed E-state index contributed by atoms with van der Waals surface area (Å²) in [7, 11) is 0. The van der Waals surface area contributed by atoms with Gasteiger partial charge < -0.3 is 5.32 Å². The van der Waals surface area contributed by atoms with E-state index in [1.54, 1.807) is 0 Å². The van der Waals surface area contributed by atoms with E-state index < -0.39 is 0 Å². The van der Waals surface area contributed by atoms with Crippen LogP contribution >= 0.6 is 0 Å². The second kappa shape index (κ2) is 5.32. The average Bonchev–Trinajstić information content (AvgIpc) is 2.75. The molecule has 0 aliphatic heterocycles. The van der Waals surface area contributed by atoms with Crippen molar-refractivity contribution < 1.29 is 0 Å². The van der Waals surface area contributed by atoms with E-state index in [2.05, 4.69) is 42.6 Å². The van der Waals surface area contributed by atoms with Gasteiger partial charge >= 0.3 is 0 Å². The van der Waals surface area contributed by atoms with Crippen LogP contribution in [0.15, 0.2) is 30.3 Å². The van der Waals surface area contributed by atoms with E-state index >= 15 is 0 Å². The molecule has 15 heavy (non-hydrogen) atoms. The van der Waals surface area contributed by atoms with Crippen molar-refractivity contribution in [2.45, 2.75) is 44.6 Å². The normalized spacial score (nSPS) is 25.7. The molecule has 1 heteroatoms. The standard InChI is InChI=1S/C14H21N/c1-2-11-15-14-10-6-9-13(14)12-7-4-3-5-8-12/h3-5,7-8,13-15H,2,6,9-11H2,1H3. The summed E-state index contributed by atoms with van der Waals surface area (Å²) in [5.41, 5.74) is 1.52. The molecule has 82 valence electrons. The van der Waals surface area contributed by atoms with Crippen LogP contribution < -0.4 is 5.32 Å². The lowest BCUT2D eigenvalue weighted by molar-refractivity contribution is 0.479. The lowest BCUT2D eigenvalue weighted by atomic mass is 9.94. The van der Waals surface area contributed by atoms with Gasteiger partial charge in [-0.15, -0.1) is 0 Å². The van der Waals surface area contributed by atoms with E-state index in [0.29, 0.717) is 6.04 Å². The maximum Gasteiger partial charge on any atom is 0.0136 e. The highest BCUT2D eigenvalue weighted by Gasteiger charge is 2.27. The quantitative estimate of drug-likeness (QED) is 0.791. The maximum absolute atomic E-state index is 3.68. The van der Waals surface area contributed by atoms with Gasteiger partial charge in [0.05, 0.1) is 0 Å². The predicted molar refractivity (Wildman–Crippen MR) is 65.1 cm³/mol. The van der Waals surface area contributed by atoms with Crippen LogP contribution in [0, 0.1) is 0 Å². The van der Waals surface area contributed by atoms with Crippen molar-refractivity contribution in [1.82, 2.24) is 5.32 Å². The fourth-order valence-electron chi connectivity index (χ4n) is 2.63. The van der Waals surface area contributed by atoms with Crippen molar-refractivity contribution in [3.63, 3.8) is 0 Å². The SMILES string of the molecule is CCCNC1CCCC1c1ccccc1. The molecule has 0 amide bonds. The third-order valence-corrected chi connectivity index (χ3v) is 3.40. The first kappa shape index (κ1) is 10.7. The molecule has 0 bridgehead atoms. The van der Waals surface area contributed by atoms with Crippen molar-refractivity contribution in [2.75, 3.05) is 6.54 Å². The molecule has 1 aliphatic rings. The highest BCUT2D eigenvalue weighted by atomic mass is 14.9. The molecule has 2 atom stereocenters. The van der Waals surface area contributed by atoms with Crippen LogP contribution in [0.25, 0.3) is 0 Å². The number of hydrogen-bond donors (Lipinski definition) is 1. The Morgan fingerprint density at radius 3 is 2.73 bits per heavy atom. The zero-order valence-electron chi connectivity index (χ0n) is 9.58. The molecule has 2 unspecified atom stereocenters. The molecule has 0 aromatic heterocycles. The Morgan fingerprint density at radius 2 is 2.00 bits per heavy atom. The average molecular weight is 203 g/mol. The number of benzene rings is 1. The molecule has 0 saturated heterocycles. The van der Waals surface area contributed by atoms with Crippen molar-refractivity contribution in [3.8, 4) is 0 Å². The molecule has 2 rings (SSSR count). The predicted octanol–water partition coefficient (Wildman–Crippen LogP) is 3.32. The van der Waals surface area contributed by atoms with Crippen LogP contribution in [0.4, 0.5) is 0 Å². The van der Waals surface area contributed by atoms with E-state index in [-0.39, 0.29) is 0 Å². The van der Waals surface area contributed by atoms with Crippen LogP contribution in [0.5, 0.6) is 0 Å². The lowest BCUT2D eigenvalue weighted by Crippen LogP contribution is -2.31. The first-order valence-corrected chi connectivity index (χ1v) is 6.20. The van der Waals surface area contributed by atoms with Crippen LogP contribution in [0.2, 0.25) is 0 Å². The number of nitrogens with one attached hydrogen (secondary N) is 1. The van der Waals surface area contributed by atoms with E-state index in [1.807, 2.05) is 0 Å². The highest BCUT2D eigenvalue weighted by Crippen LogP contribution is 2.34. The summed E-state index contributed by atoms with van der Waals surface area (Å²) in [5, 5.41) is 3.68. The van der Waals surface area contributed by atoms with Gasteiger partial charge in [0.15, 0.2) is 0 Å². The summed E-state index contributed by atoms with van der Waals surface area (Å²) in [6.07, 6.45) is 5.31. The lowest BCUT2D eigenvalue weighted by Gasteiger charge is -2.21. The first-order valence-electron chi connectivity index (χ1n) is 6.20. The van der Waals surface area contributed by atoms with Gasteiger partial charge in [0, 0.05) is 6.04 Å². The van der Waals surface area contributed by atoms with E-state index in [1.165, 1.54) is 31.2 Å². The summed E-state index contributed by atoms with van der Waals surface area (Å²) >= 11 is 0. The molecule has 1 nitrogen and oxygen atoms in total. The summed E-state index contributed by atoms with van der Waals surface area (Å²) in [6.45, 7) is 3.40. The summed E-state index contributed by atoms with van der Waals surface area (Å²) in [4.78, 5) is 0. The fraction of sp³-hybridized carbons (Fsp3) is 0.571. The van der Waals surface area contributed by atoms with Gasteiger partial charge in [-0.3, -0.25) is 0 Å². The zero-order chi connectivity index (χ0) is 10.5. The Kier molecular flexibility index (Phi) is 3.79. The van der Waals surface area contributed by atoms with Crippen molar-refractivity contribution in [1.29, 1.82) is 0 Å². The van der Waals surface area contributed by atoms with Gasteiger partial charge in [-0.2, -0.15) is 0 Å². The van der Waals surface area contributed by atoms with E-state index in [9.17, 15) is 0 Å². The van der Waals surface area contributed by atoms with Gasteiger partial charge in [0.25, 0.3) is 0 Å². The van der Waals surface area contributed by atoms with Gasteiger partial charge in [0.2, 0.25) is 0 Å². The first-order chi connectivity index (χ1) is 7.42. The summed E-state index contributed by atoms with van der Waals surface area (Å²) in [5.74, 6) is 0.748. The second-order valence-corrected chi connectivity index (χ2v) is 4.51. The summed E-state index contributed by atoms with van der Waals surface area (Å²) in [6, 6.07) is 11.7. The largest absolute Gasteiger partial charge is 0.313 e. The molecule has 1 aliphatic carbocycles. The van der Waals surface area contributed by atoms with Crippen LogP contribution in [-0.4, -0.2) is 12.6 Å². The smallest absolute Gasteiger partial charge is 0.0136 e. The van der Waals surface area contributed by atoms with Gasteiger partial charge in [-0.05, 0) is 37.3 Å².